The van der Waals surface area contributed by atoms with Gasteiger partial charge in [-0.1, -0.05) is 0 Å². The third kappa shape index (κ3) is 3.75. The zero-order valence-corrected chi connectivity index (χ0v) is 14.1. The first-order chi connectivity index (χ1) is 10.5. The Morgan fingerprint density at radius 1 is 1.45 bits per heavy atom. The third-order valence-electron chi connectivity index (χ3n) is 4.01. The van der Waals surface area contributed by atoms with Crippen LogP contribution in [0.15, 0.2) is 16.8 Å². The fraction of sp³-hybridized carbons (Fsp3) is 0.500. The standard InChI is InChI=1S/C16H23N3O2S/c1-11-15(12(2)19(3)18-11)16(21)17-7-4-13(5-8-20)14-6-9-22-10-14/h6,9-10,13,20H,4-5,7-8H2,1-3H3,(H,17,21). The summed E-state index contributed by atoms with van der Waals surface area (Å²) in [6, 6.07) is 2.09. The number of aromatic nitrogens is 2. The first-order valence-electron chi connectivity index (χ1n) is 7.46. The van der Waals surface area contributed by atoms with Crippen molar-refractivity contribution < 1.29 is 9.90 Å². The van der Waals surface area contributed by atoms with Crippen LogP contribution in [0, 0.1) is 13.8 Å². The molecule has 1 amide bonds. The average Bonchev–Trinajstić information content (AvgIpc) is 3.07. The zero-order valence-electron chi connectivity index (χ0n) is 13.3. The van der Waals surface area contributed by atoms with E-state index in [-0.39, 0.29) is 18.4 Å². The maximum absolute atomic E-state index is 12.3. The number of carbonyl (C=O) groups is 1. The highest BCUT2D eigenvalue weighted by atomic mass is 32.1. The minimum atomic E-state index is -0.0730. The lowest BCUT2D eigenvalue weighted by Crippen LogP contribution is -2.26. The minimum absolute atomic E-state index is 0.0730. The second-order valence-corrected chi connectivity index (χ2v) is 6.26. The number of aliphatic hydroxyl groups excluding tert-OH is 1. The number of nitrogens with zero attached hydrogens (tertiary/aromatic N) is 2. The van der Waals surface area contributed by atoms with Gasteiger partial charge in [0.2, 0.25) is 0 Å². The Kier molecular flexibility index (Phi) is 5.74. The molecule has 0 spiro atoms. The van der Waals surface area contributed by atoms with Gasteiger partial charge >= 0.3 is 0 Å². The summed E-state index contributed by atoms with van der Waals surface area (Å²) in [6.45, 7) is 4.50. The van der Waals surface area contributed by atoms with Crippen LogP contribution in [-0.2, 0) is 7.05 Å². The lowest BCUT2D eigenvalue weighted by Gasteiger charge is -2.15. The Morgan fingerprint density at radius 2 is 2.23 bits per heavy atom. The molecule has 0 aliphatic rings. The topological polar surface area (TPSA) is 67.2 Å². The quantitative estimate of drug-likeness (QED) is 0.823. The number of amides is 1. The van der Waals surface area contributed by atoms with Gasteiger partial charge in [0.05, 0.1) is 11.3 Å². The van der Waals surface area contributed by atoms with Crippen molar-refractivity contribution in [3.63, 3.8) is 0 Å². The van der Waals surface area contributed by atoms with Gasteiger partial charge in [0, 0.05) is 25.9 Å². The SMILES string of the molecule is Cc1nn(C)c(C)c1C(=O)NCCC(CCO)c1ccsc1. The molecule has 120 valence electrons. The maximum atomic E-state index is 12.3. The molecule has 5 nitrogen and oxygen atoms in total. The Morgan fingerprint density at radius 3 is 2.77 bits per heavy atom. The van der Waals surface area contributed by atoms with Crippen LogP contribution in [0.2, 0.25) is 0 Å². The van der Waals surface area contributed by atoms with E-state index in [1.165, 1.54) is 5.56 Å². The molecule has 2 aromatic heterocycles. The van der Waals surface area contributed by atoms with Gasteiger partial charge in [0.1, 0.15) is 0 Å². The van der Waals surface area contributed by atoms with Crippen molar-refractivity contribution in [3.05, 3.63) is 39.3 Å². The van der Waals surface area contributed by atoms with Gasteiger partial charge < -0.3 is 10.4 Å². The molecule has 6 heteroatoms. The predicted molar refractivity (Wildman–Crippen MR) is 88.4 cm³/mol. The second-order valence-electron chi connectivity index (χ2n) is 5.48. The van der Waals surface area contributed by atoms with Crippen molar-refractivity contribution in [2.24, 2.45) is 7.05 Å². The lowest BCUT2D eigenvalue weighted by molar-refractivity contribution is 0.0951. The molecule has 2 aromatic rings. The number of nitrogens with one attached hydrogen (secondary N) is 1. The summed E-state index contributed by atoms with van der Waals surface area (Å²) in [7, 11) is 1.84. The molecule has 0 saturated heterocycles. The maximum Gasteiger partial charge on any atom is 0.255 e. The number of aryl methyl sites for hydroxylation is 2. The Labute approximate surface area is 135 Å². The molecular formula is C16H23N3O2S. The van der Waals surface area contributed by atoms with Crippen molar-refractivity contribution in [1.29, 1.82) is 0 Å². The number of carbonyl (C=O) groups excluding carboxylic acids is 1. The van der Waals surface area contributed by atoms with Crippen molar-refractivity contribution in [1.82, 2.24) is 15.1 Å². The fourth-order valence-electron chi connectivity index (χ4n) is 2.69. The predicted octanol–water partition coefficient (Wildman–Crippen LogP) is 2.38. The highest BCUT2D eigenvalue weighted by molar-refractivity contribution is 7.07. The second kappa shape index (κ2) is 7.56. The molecule has 0 saturated carbocycles. The molecule has 0 fully saturated rings. The van der Waals surface area contributed by atoms with Gasteiger partial charge in [-0.05, 0) is 55.0 Å². The zero-order chi connectivity index (χ0) is 16.1. The summed E-state index contributed by atoms with van der Waals surface area (Å²) in [5.74, 6) is 0.212. The van der Waals surface area contributed by atoms with E-state index in [4.69, 9.17) is 0 Å². The van der Waals surface area contributed by atoms with Crippen LogP contribution in [0.1, 0.15) is 46.1 Å². The van der Waals surface area contributed by atoms with Crippen LogP contribution < -0.4 is 5.32 Å². The molecule has 0 aliphatic carbocycles. The molecule has 0 aromatic carbocycles. The Hall–Kier alpha value is -1.66. The van der Waals surface area contributed by atoms with Gasteiger partial charge in [-0.2, -0.15) is 16.4 Å². The number of aliphatic hydroxyl groups is 1. The van der Waals surface area contributed by atoms with E-state index in [1.54, 1.807) is 16.0 Å². The smallest absolute Gasteiger partial charge is 0.255 e. The summed E-state index contributed by atoms with van der Waals surface area (Å²) in [5, 5.41) is 20.6. The summed E-state index contributed by atoms with van der Waals surface area (Å²) in [4.78, 5) is 12.3. The van der Waals surface area contributed by atoms with Gasteiger partial charge in [0.25, 0.3) is 5.91 Å². The first-order valence-corrected chi connectivity index (χ1v) is 8.40. The van der Waals surface area contributed by atoms with Crippen LogP contribution in [0.25, 0.3) is 0 Å². The largest absolute Gasteiger partial charge is 0.396 e. The summed E-state index contributed by atoms with van der Waals surface area (Å²) >= 11 is 1.66. The van der Waals surface area contributed by atoms with Gasteiger partial charge in [-0.25, -0.2) is 0 Å². The van der Waals surface area contributed by atoms with E-state index < -0.39 is 0 Å². The van der Waals surface area contributed by atoms with E-state index in [0.717, 1.165) is 24.2 Å². The highest BCUT2D eigenvalue weighted by Gasteiger charge is 2.18. The monoisotopic (exact) mass is 321 g/mol. The van der Waals surface area contributed by atoms with Crippen LogP contribution in [0.4, 0.5) is 0 Å². The summed E-state index contributed by atoms with van der Waals surface area (Å²) < 4.78 is 1.73. The van der Waals surface area contributed by atoms with E-state index in [2.05, 4.69) is 21.9 Å². The van der Waals surface area contributed by atoms with E-state index >= 15 is 0 Å². The van der Waals surface area contributed by atoms with Crippen molar-refractivity contribution in [3.8, 4) is 0 Å². The van der Waals surface area contributed by atoms with Gasteiger partial charge in [0.15, 0.2) is 0 Å². The normalized spacial score (nSPS) is 12.4. The molecule has 0 bridgehead atoms. The van der Waals surface area contributed by atoms with Crippen LogP contribution in [0.5, 0.6) is 0 Å². The third-order valence-corrected chi connectivity index (χ3v) is 4.71. The lowest BCUT2D eigenvalue weighted by atomic mass is 9.95. The molecule has 1 unspecified atom stereocenters. The van der Waals surface area contributed by atoms with Crippen molar-refractivity contribution in [2.45, 2.75) is 32.6 Å². The summed E-state index contributed by atoms with van der Waals surface area (Å²) in [6.07, 6.45) is 1.54. The number of thiophene rings is 1. The highest BCUT2D eigenvalue weighted by Crippen LogP contribution is 2.25. The van der Waals surface area contributed by atoms with Crippen LogP contribution in [-0.4, -0.2) is 33.9 Å². The average molecular weight is 321 g/mol. The van der Waals surface area contributed by atoms with Crippen LogP contribution in [0.3, 0.4) is 0 Å². The molecule has 2 heterocycles. The number of rotatable bonds is 7. The fourth-order valence-corrected chi connectivity index (χ4v) is 3.43. The minimum Gasteiger partial charge on any atom is -0.396 e. The van der Waals surface area contributed by atoms with E-state index in [9.17, 15) is 9.90 Å². The molecule has 0 radical (unpaired) electrons. The van der Waals surface area contributed by atoms with Crippen molar-refractivity contribution in [2.75, 3.05) is 13.2 Å². The first kappa shape index (κ1) is 16.7. The van der Waals surface area contributed by atoms with Gasteiger partial charge in [-0.15, -0.1) is 0 Å². The molecule has 0 aliphatic heterocycles. The number of hydrogen-bond donors (Lipinski definition) is 2. The summed E-state index contributed by atoms with van der Waals surface area (Å²) in [5.41, 5.74) is 3.53. The molecule has 2 rings (SSSR count). The Bertz CT molecular complexity index is 620. The van der Waals surface area contributed by atoms with Crippen molar-refractivity contribution >= 4 is 17.2 Å². The molecular weight excluding hydrogens is 298 g/mol. The molecule has 1 atom stereocenters. The molecule has 22 heavy (non-hydrogen) atoms. The van der Waals surface area contributed by atoms with Gasteiger partial charge in [-0.3, -0.25) is 9.48 Å². The molecule has 2 N–H and O–H groups in total. The number of hydrogen-bond acceptors (Lipinski definition) is 4. The van der Waals surface area contributed by atoms with E-state index in [0.29, 0.717) is 12.1 Å². The Balaban J connectivity index is 1.93. The van der Waals surface area contributed by atoms with Crippen LogP contribution >= 0.6 is 11.3 Å². The van der Waals surface area contributed by atoms with E-state index in [1.807, 2.05) is 26.3 Å².